The smallest absolute Gasteiger partial charge is 0.251 e. The van der Waals surface area contributed by atoms with Crippen molar-refractivity contribution in [3.8, 4) is 5.69 Å². The number of carbonyl (C=O) groups excluding carboxylic acids is 1. The monoisotopic (exact) mass is 354 g/mol. The molecule has 4 rings (SSSR count). The lowest BCUT2D eigenvalue weighted by Crippen LogP contribution is -2.50. The summed E-state index contributed by atoms with van der Waals surface area (Å²) in [6.45, 7) is 7.53. The number of rotatable bonds is 4. The van der Waals surface area contributed by atoms with E-state index >= 15 is 0 Å². The van der Waals surface area contributed by atoms with Crippen molar-refractivity contribution in [1.29, 1.82) is 0 Å². The highest BCUT2D eigenvalue weighted by Gasteiger charge is 2.35. The lowest BCUT2D eigenvalue weighted by molar-refractivity contribution is 0.0916. The van der Waals surface area contributed by atoms with Gasteiger partial charge in [0.25, 0.3) is 5.91 Å². The summed E-state index contributed by atoms with van der Waals surface area (Å²) in [4.78, 5) is 15.1. The highest BCUT2D eigenvalue weighted by atomic mass is 16.5. The Labute approximate surface area is 154 Å². The van der Waals surface area contributed by atoms with E-state index in [-0.39, 0.29) is 11.9 Å². The Bertz CT molecular complexity index is 778. The van der Waals surface area contributed by atoms with Gasteiger partial charge in [0.1, 0.15) is 0 Å². The van der Waals surface area contributed by atoms with Crippen LogP contribution in [-0.2, 0) is 4.74 Å². The molecule has 0 aliphatic carbocycles. The summed E-state index contributed by atoms with van der Waals surface area (Å²) >= 11 is 0. The van der Waals surface area contributed by atoms with Gasteiger partial charge in [-0.1, -0.05) is 0 Å². The van der Waals surface area contributed by atoms with Crippen molar-refractivity contribution >= 4 is 5.91 Å². The maximum Gasteiger partial charge on any atom is 0.251 e. The predicted molar refractivity (Wildman–Crippen MR) is 99.7 cm³/mol. The van der Waals surface area contributed by atoms with E-state index in [0.29, 0.717) is 24.8 Å². The number of likely N-dealkylation sites (tertiary alicyclic amines) is 1. The van der Waals surface area contributed by atoms with Gasteiger partial charge in [-0.15, -0.1) is 0 Å². The first-order valence-corrected chi connectivity index (χ1v) is 9.38. The number of aromatic nitrogens is 2. The van der Waals surface area contributed by atoms with E-state index in [1.165, 1.54) is 12.8 Å². The minimum Gasteiger partial charge on any atom is -0.378 e. The maximum atomic E-state index is 12.7. The van der Waals surface area contributed by atoms with Crippen LogP contribution >= 0.6 is 0 Å². The molecule has 0 bridgehead atoms. The third-order valence-corrected chi connectivity index (χ3v) is 5.36. The molecule has 2 saturated heterocycles. The van der Waals surface area contributed by atoms with Crippen molar-refractivity contribution in [2.24, 2.45) is 0 Å². The molecule has 3 heterocycles. The van der Waals surface area contributed by atoms with Crippen LogP contribution in [0.4, 0.5) is 0 Å². The topological polar surface area (TPSA) is 59.4 Å². The average Bonchev–Trinajstić information content (AvgIpc) is 3.36. The third kappa shape index (κ3) is 3.39. The Morgan fingerprint density at radius 2 is 1.88 bits per heavy atom. The van der Waals surface area contributed by atoms with Gasteiger partial charge in [0, 0.05) is 11.3 Å². The van der Waals surface area contributed by atoms with E-state index in [0.717, 1.165) is 30.2 Å². The van der Waals surface area contributed by atoms with Gasteiger partial charge >= 0.3 is 0 Å². The molecule has 1 aromatic carbocycles. The molecular formula is C20H26N4O2. The summed E-state index contributed by atoms with van der Waals surface area (Å²) < 4.78 is 7.54. The maximum absolute atomic E-state index is 12.7. The number of hydrogen-bond acceptors (Lipinski definition) is 4. The zero-order valence-corrected chi connectivity index (χ0v) is 15.4. The van der Waals surface area contributed by atoms with Gasteiger partial charge in [0.05, 0.1) is 36.7 Å². The SMILES string of the molecule is Cc1cc(C)n(-c2ccc(C(=O)N[C@H]3COC[C@@H]3N3CCCC3)cc2)n1. The summed E-state index contributed by atoms with van der Waals surface area (Å²) in [6, 6.07) is 10.0. The Morgan fingerprint density at radius 3 is 2.54 bits per heavy atom. The molecule has 138 valence electrons. The van der Waals surface area contributed by atoms with E-state index in [4.69, 9.17) is 4.74 Å². The van der Waals surface area contributed by atoms with Crippen LogP contribution in [0.2, 0.25) is 0 Å². The lowest BCUT2D eigenvalue weighted by atomic mass is 10.1. The van der Waals surface area contributed by atoms with Crippen molar-refractivity contribution in [1.82, 2.24) is 20.0 Å². The fourth-order valence-electron chi connectivity index (χ4n) is 4.01. The largest absolute Gasteiger partial charge is 0.378 e. The van der Waals surface area contributed by atoms with Gasteiger partial charge < -0.3 is 10.1 Å². The molecule has 6 nitrogen and oxygen atoms in total. The Balaban J connectivity index is 1.44. The standard InChI is InChI=1S/C20H26N4O2/c1-14-11-15(2)24(22-14)17-7-5-16(6-8-17)20(25)21-18-12-26-13-19(18)23-9-3-4-10-23/h5-8,11,18-19H,3-4,9-10,12-13H2,1-2H3,(H,21,25)/t18-,19-/m0/s1. The summed E-state index contributed by atoms with van der Waals surface area (Å²) in [6.07, 6.45) is 2.48. The van der Waals surface area contributed by atoms with Gasteiger partial charge in [0.2, 0.25) is 0 Å². The second kappa shape index (κ2) is 7.21. The number of nitrogens with one attached hydrogen (secondary N) is 1. The molecule has 0 radical (unpaired) electrons. The van der Waals surface area contributed by atoms with Crippen molar-refractivity contribution in [3.63, 3.8) is 0 Å². The molecule has 0 saturated carbocycles. The van der Waals surface area contributed by atoms with Crippen LogP contribution in [-0.4, -0.2) is 59.0 Å². The van der Waals surface area contributed by atoms with Gasteiger partial charge in [-0.3, -0.25) is 9.69 Å². The van der Waals surface area contributed by atoms with E-state index in [2.05, 4.69) is 15.3 Å². The lowest BCUT2D eigenvalue weighted by Gasteiger charge is -2.27. The van der Waals surface area contributed by atoms with Crippen molar-refractivity contribution in [2.75, 3.05) is 26.3 Å². The van der Waals surface area contributed by atoms with Crippen LogP contribution in [0.5, 0.6) is 0 Å². The molecule has 2 aromatic rings. The fourth-order valence-corrected chi connectivity index (χ4v) is 4.01. The van der Waals surface area contributed by atoms with Crippen LogP contribution in [0.1, 0.15) is 34.6 Å². The van der Waals surface area contributed by atoms with Gasteiger partial charge in [-0.05, 0) is 70.1 Å². The second-order valence-corrected chi connectivity index (χ2v) is 7.31. The van der Waals surface area contributed by atoms with E-state index < -0.39 is 0 Å². The summed E-state index contributed by atoms with van der Waals surface area (Å²) in [5, 5.41) is 7.66. The molecule has 1 amide bonds. The van der Waals surface area contributed by atoms with E-state index in [9.17, 15) is 4.79 Å². The molecular weight excluding hydrogens is 328 g/mol. The van der Waals surface area contributed by atoms with Gasteiger partial charge in [-0.2, -0.15) is 5.10 Å². The van der Waals surface area contributed by atoms with Crippen molar-refractivity contribution in [3.05, 3.63) is 47.3 Å². The van der Waals surface area contributed by atoms with Crippen LogP contribution in [0.15, 0.2) is 30.3 Å². The molecule has 26 heavy (non-hydrogen) atoms. The minimum atomic E-state index is -0.0374. The molecule has 2 atom stereocenters. The number of hydrogen-bond donors (Lipinski definition) is 1. The third-order valence-electron chi connectivity index (χ3n) is 5.36. The number of aryl methyl sites for hydroxylation is 2. The molecule has 1 N–H and O–H groups in total. The van der Waals surface area contributed by atoms with Gasteiger partial charge in [0.15, 0.2) is 0 Å². The van der Waals surface area contributed by atoms with Crippen LogP contribution < -0.4 is 5.32 Å². The normalized spacial score (nSPS) is 23.5. The molecule has 2 fully saturated rings. The summed E-state index contributed by atoms with van der Waals surface area (Å²) in [5.74, 6) is -0.0374. The summed E-state index contributed by atoms with van der Waals surface area (Å²) in [5.41, 5.74) is 3.70. The molecule has 2 aliphatic rings. The van der Waals surface area contributed by atoms with Crippen molar-refractivity contribution < 1.29 is 9.53 Å². The first kappa shape index (κ1) is 17.2. The van der Waals surface area contributed by atoms with Crippen LogP contribution in [0.25, 0.3) is 5.69 Å². The van der Waals surface area contributed by atoms with Crippen molar-refractivity contribution in [2.45, 2.75) is 38.8 Å². The van der Waals surface area contributed by atoms with Gasteiger partial charge in [-0.25, -0.2) is 4.68 Å². The molecule has 0 spiro atoms. The van der Waals surface area contributed by atoms with Crippen LogP contribution in [0, 0.1) is 13.8 Å². The highest BCUT2D eigenvalue weighted by Crippen LogP contribution is 2.20. The number of carbonyl (C=O) groups is 1. The molecule has 6 heteroatoms. The second-order valence-electron chi connectivity index (χ2n) is 7.31. The molecule has 1 aromatic heterocycles. The number of ether oxygens (including phenoxy) is 1. The molecule has 0 unspecified atom stereocenters. The Kier molecular flexibility index (Phi) is 4.78. The minimum absolute atomic E-state index is 0.0374. The predicted octanol–water partition coefficient (Wildman–Crippen LogP) is 2.08. The van der Waals surface area contributed by atoms with Crippen LogP contribution in [0.3, 0.4) is 0 Å². The van der Waals surface area contributed by atoms with E-state index in [1.54, 1.807) is 0 Å². The average molecular weight is 354 g/mol. The fraction of sp³-hybridized carbons (Fsp3) is 0.500. The Morgan fingerprint density at radius 1 is 1.15 bits per heavy atom. The quantitative estimate of drug-likeness (QED) is 0.913. The Hall–Kier alpha value is -2.18. The molecule has 2 aliphatic heterocycles. The number of nitrogens with zero attached hydrogens (tertiary/aromatic N) is 3. The first-order chi connectivity index (χ1) is 12.6. The zero-order valence-electron chi connectivity index (χ0n) is 15.4. The zero-order chi connectivity index (χ0) is 18.1. The highest BCUT2D eigenvalue weighted by molar-refractivity contribution is 5.94. The number of benzene rings is 1. The van der Waals surface area contributed by atoms with E-state index in [1.807, 2.05) is 48.9 Å². The summed E-state index contributed by atoms with van der Waals surface area (Å²) in [7, 11) is 0. The first-order valence-electron chi connectivity index (χ1n) is 9.38. The number of amides is 1.